The summed E-state index contributed by atoms with van der Waals surface area (Å²) in [6.07, 6.45) is 3.92. The van der Waals surface area contributed by atoms with E-state index < -0.39 is 12.0 Å². The molecule has 23 heavy (non-hydrogen) atoms. The van der Waals surface area contributed by atoms with Crippen molar-refractivity contribution in [2.75, 3.05) is 20.2 Å². The van der Waals surface area contributed by atoms with Crippen molar-refractivity contribution in [3.63, 3.8) is 0 Å². The van der Waals surface area contributed by atoms with E-state index in [9.17, 15) is 14.4 Å². The zero-order valence-electron chi connectivity index (χ0n) is 14.3. The number of likely N-dealkylation sites (tertiary alicyclic amines) is 1. The molecule has 6 heteroatoms. The predicted molar refractivity (Wildman–Crippen MR) is 85.4 cm³/mol. The molecular weight excluding hydrogens is 296 g/mol. The van der Waals surface area contributed by atoms with Gasteiger partial charge < -0.3 is 15.0 Å². The molecule has 2 fully saturated rings. The number of esters is 1. The summed E-state index contributed by atoms with van der Waals surface area (Å²) in [6, 6.07) is -0.585. The number of hydrogen-bond donors (Lipinski definition) is 1. The zero-order valence-corrected chi connectivity index (χ0v) is 14.3. The molecule has 6 nitrogen and oxygen atoms in total. The standard InChI is InChI=1S/C17H28N2O4/c1-11(2)10-14(17(22)23-3)18-15(20)12-6-8-19(9-7-12)16(21)13-4-5-13/h11-14H,4-10H2,1-3H3,(H,18,20). The highest BCUT2D eigenvalue weighted by Gasteiger charge is 2.36. The Morgan fingerprint density at radius 2 is 1.70 bits per heavy atom. The molecule has 0 spiro atoms. The van der Waals surface area contributed by atoms with E-state index in [1.807, 2.05) is 18.7 Å². The van der Waals surface area contributed by atoms with E-state index in [-0.39, 0.29) is 29.6 Å². The number of rotatable bonds is 6. The molecule has 1 aliphatic carbocycles. The van der Waals surface area contributed by atoms with Gasteiger partial charge in [0.2, 0.25) is 11.8 Å². The summed E-state index contributed by atoms with van der Waals surface area (Å²) in [6.45, 7) is 5.29. The van der Waals surface area contributed by atoms with Crippen LogP contribution in [0, 0.1) is 17.8 Å². The molecule has 2 aliphatic rings. The molecule has 0 radical (unpaired) electrons. The second-order valence-electron chi connectivity index (χ2n) is 7.09. The third kappa shape index (κ3) is 4.94. The highest BCUT2D eigenvalue weighted by molar-refractivity contribution is 5.86. The van der Waals surface area contributed by atoms with Crippen molar-refractivity contribution in [3.05, 3.63) is 0 Å². The molecule has 1 saturated carbocycles. The van der Waals surface area contributed by atoms with Crippen molar-refractivity contribution < 1.29 is 19.1 Å². The molecule has 1 aliphatic heterocycles. The number of hydrogen-bond acceptors (Lipinski definition) is 4. The lowest BCUT2D eigenvalue weighted by atomic mass is 9.94. The van der Waals surface area contributed by atoms with E-state index in [1.165, 1.54) is 7.11 Å². The fourth-order valence-corrected chi connectivity index (χ4v) is 3.07. The normalized spacial score (nSPS) is 20.3. The Bertz CT molecular complexity index is 452. The van der Waals surface area contributed by atoms with Gasteiger partial charge in [-0.25, -0.2) is 4.79 Å². The van der Waals surface area contributed by atoms with Crippen molar-refractivity contribution in [2.45, 2.75) is 52.0 Å². The molecule has 130 valence electrons. The van der Waals surface area contributed by atoms with Crippen molar-refractivity contribution in [1.82, 2.24) is 10.2 Å². The Hall–Kier alpha value is -1.59. The average Bonchev–Trinajstić information content (AvgIpc) is 3.37. The van der Waals surface area contributed by atoms with Crippen LogP contribution < -0.4 is 5.32 Å². The fourth-order valence-electron chi connectivity index (χ4n) is 3.07. The second-order valence-corrected chi connectivity index (χ2v) is 7.09. The third-order valence-electron chi connectivity index (χ3n) is 4.61. The van der Waals surface area contributed by atoms with Gasteiger partial charge in [-0.2, -0.15) is 0 Å². The smallest absolute Gasteiger partial charge is 0.328 e. The summed E-state index contributed by atoms with van der Waals surface area (Å²) in [5.41, 5.74) is 0. The van der Waals surface area contributed by atoms with Crippen LogP contribution in [0.15, 0.2) is 0 Å². The van der Waals surface area contributed by atoms with Gasteiger partial charge >= 0.3 is 5.97 Å². The molecule has 2 amide bonds. The first kappa shape index (κ1) is 17.8. The Balaban J connectivity index is 1.82. The van der Waals surface area contributed by atoms with Crippen LogP contribution in [0.25, 0.3) is 0 Å². The van der Waals surface area contributed by atoms with E-state index in [2.05, 4.69) is 5.32 Å². The van der Waals surface area contributed by atoms with Crippen LogP contribution in [0.3, 0.4) is 0 Å². The first-order valence-electron chi connectivity index (χ1n) is 8.59. The number of ether oxygens (including phenoxy) is 1. The third-order valence-corrected chi connectivity index (χ3v) is 4.61. The lowest BCUT2D eigenvalue weighted by Crippen LogP contribution is -2.48. The van der Waals surface area contributed by atoms with Gasteiger partial charge in [0.1, 0.15) is 6.04 Å². The lowest BCUT2D eigenvalue weighted by molar-refractivity contribution is -0.146. The number of nitrogens with zero attached hydrogens (tertiary/aromatic N) is 1. The van der Waals surface area contributed by atoms with E-state index >= 15 is 0 Å². The average molecular weight is 324 g/mol. The largest absolute Gasteiger partial charge is 0.467 e. The van der Waals surface area contributed by atoms with Gasteiger partial charge in [0, 0.05) is 24.9 Å². The zero-order chi connectivity index (χ0) is 17.0. The highest BCUT2D eigenvalue weighted by atomic mass is 16.5. The summed E-state index contributed by atoms with van der Waals surface area (Å²) in [4.78, 5) is 38.1. The quantitative estimate of drug-likeness (QED) is 0.748. The fraction of sp³-hybridized carbons (Fsp3) is 0.824. The molecule has 0 aromatic heterocycles. The van der Waals surface area contributed by atoms with Crippen LogP contribution in [0.4, 0.5) is 0 Å². The van der Waals surface area contributed by atoms with Gasteiger partial charge in [-0.3, -0.25) is 9.59 Å². The summed E-state index contributed by atoms with van der Waals surface area (Å²) < 4.78 is 4.78. The van der Waals surface area contributed by atoms with Crippen molar-refractivity contribution in [2.24, 2.45) is 17.8 Å². The van der Waals surface area contributed by atoms with Gasteiger partial charge in [-0.05, 0) is 38.0 Å². The van der Waals surface area contributed by atoms with Crippen molar-refractivity contribution in [3.8, 4) is 0 Å². The maximum atomic E-state index is 12.4. The maximum Gasteiger partial charge on any atom is 0.328 e. The minimum Gasteiger partial charge on any atom is -0.467 e. The number of carbonyl (C=O) groups is 3. The van der Waals surface area contributed by atoms with Gasteiger partial charge in [0.15, 0.2) is 0 Å². The minimum atomic E-state index is -0.585. The van der Waals surface area contributed by atoms with E-state index in [1.54, 1.807) is 0 Å². The topological polar surface area (TPSA) is 75.7 Å². The maximum absolute atomic E-state index is 12.4. The Morgan fingerprint density at radius 1 is 1.09 bits per heavy atom. The first-order valence-corrected chi connectivity index (χ1v) is 8.59. The van der Waals surface area contributed by atoms with Crippen LogP contribution >= 0.6 is 0 Å². The highest BCUT2D eigenvalue weighted by Crippen LogP contribution is 2.32. The molecule has 1 N–H and O–H groups in total. The Morgan fingerprint density at radius 3 is 2.17 bits per heavy atom. The molecular formula is C17H28N2O4. The molecule has 1 saturated heterocycles. The lowest BCUT2D eigenvalue weighted by Gasteiger charge is -2.32. The molecule has 1 heterocycles. The number of carbonyl (C=O) groups excluding carboxylic acids is 3. The van der Waals surface area contributed by atoms with E-state index in [0.717, 1.165) is 12.8 Å². The minimum absolute atomic E-state index is 0.0976. The van der Waals surface area contributed by atoms with Crippen LogP contribution in [0.2, 0.25) is 0 Å². The number of piperidine rings is 1. The van der Waals surface area contributed by atoms with Crippen LogP contribution in [0.5, 0.6) is 0 Å². The molecule has 0 bridgehead atoms. The van der Waals surface area contributed by atoms with E-state index in [0.29, 0.717) is 32.4 Å². The molecule has 0 aromatic carbocycles. The first-order chi connectivity index (χ1) is 10.9. The van der Waals surface area contributed by atoms with Gasteiger partial charge in [0.05, 0.1) is 7.11 Å². The van der Waals surface area contributed by atoms with Gasteiger partial charge in [-0.15, -0.1) is 0 Å². The SMILES string of the molecule is COC(=O)C(CC(C)C)NC(=O)C1CCN(C(=O)C2CC2)CC1. The molecule has 1 atom stereocenters. The molecule has 0 aromatic rings. The molecule has 1 unspecified atom stereocenters. The van der Waals surface area contributed by atoms with Gasteiger partial charge in [0.25, 0.3) is 0 Å². The van der Waals surface area contributed by atoms with Crippen molar-refractivity contribution >= 4 is 17.8 Å². The van der Waals surface area contributed by atoms with Crippen LogP contribution in [0.1, 0.15) is 46.0 Å². The number of nitrogens with one attached hydrogen (secondary N) is 1. The molecule has 2 rings (SSSR count). The summed E-state index contributed by atoms with van der Waals surface area (Å²) in [5, 5.41) is 2.83. The number of methoxy groups -OCH3 is 1. The van der Waals surface area contributed by atoms with Crippen LogP contribution in [-0.2, 0) is 19.1 Å². The summed E-state index contributed by atoms with van der Waals surface area (Å²) in [7, 11) is 1.34. The van der Waals surface area contributed by atoms with Crippen LogP contribution in [-0.4, -0.2) is 48.9 Å². The number of amides is 2. The summed E-state index contributed by atoms with van der Waals surface area (Å²) in [5.74, 6) is 0.147. The second kappa shape index (κ2) is 7.79. The van der Waals surface area contributed by atoms with E-state index in [4.69, 9.17) is 4.74 Å². The summed E-state index contributed by atoms with van der Waals surface area (Å²) >= 11 is 0. The monoisotopic (exact) mass is 324 g/mol. The van der Waals surface area contributed by atoms with Gasteiger partial charge in [-0.1, -0.05) is 13.8 Å². The predicted octanol–water partition coefficient (Wildman–Crippen LogP) is 1.34. The Kier molecular flexibility index (Phi) is 6.02. The Labute approximate surface area is 137 Å². The van der Waals surface area contributed by atoms with Crippen molar-refractivity contribution in [1.29, 1.82) is 0 Å².